The summed E-state index contributed by atoms with van der Waals surface area (Å²) in [5, 5.41) is 0. The van der Waals surface area contributed by atoms with E-state index in [4.69, 9.17) is 14.2 Å². The van der Waals surface area contributed by atoms with E-state index in [0.717, 1.165) is 77.0 Å². The van der Waals surface area contributed by atoms with E-state index in [9.17, 15) is 9.59 Å². The molecule has 0 aliphatic heterocycles. The Kier molecular flexibility index (Phi) is 50.9. The molecule has 62 heavy (non-hydrogen) atoms. The molecule has 0 radical (unpaired) electrons. The maximum Gasteiger partial charge on any atom is 0.306 e. The van der Waals surface area contributed by atoms with Crippen LogP contribution in [0.3, 0.4) is 0 Å². The lowest BCUT2D eigenvalue weighted by atomic mass is 10.1. The molecule has 5 heteroatoms. The van der Waals surface area contributed by atoms with Gasteiger partial charge in [0.1, 0.15) is 6.61 Å². The van der Waals surface area contributed by atoms with Crippen LogP contribution in [0.2, 0.25) is 0 Å². The van der Waals surface area contributed by atoms with Crippen LogP contribution in [0, 0.1) is 0 Å². The molecular weight excluding hydrogens is 765 g/mol. The Morgan fingerprint density at radius 1 is 0.371 bits per heavy atom. The molecule has 0 saturated heterocycles. The number of carbonyl (C=O) groups is 2. The number of hydrogen-bond acceptors (Lipinski definition) is 5. The molecule has 0 aliphatic carbocycles. The molecule has 0 saturated carbocycles. The molecule has 5 nitrogen and oxygen atoms in total. The zero-order valence-electron chi connectivity index (χ0n) is 41.4. The molecule has 360 valence electrons. The van der Waals surface area contributed by atoms with Gasteiger partial charge in [-0.1, -0.05) is 229 Å². The molecule has 0 N–H and O–H groups in total. The van der Waals surface area contributed by atoms with Crippen LogP contribution in [0.5, 0.6) is 0 Å². The van der Waals surface area contributed by atoms with E-state index in [1.807, 2.05) is 0 Å². The Labute approximate surface area is 385 Å². The van der Waals surface area contributed by atoms with Gasteiger partial charge in [0, 0.05) is 19.4 Å². The van der Waals surface area contributed by atoms with Crippen LogP contribution < -0.4 is 0 Å². The van der Waals surface area contributed by atoms with Gasteiger partial charge in [-0.25, -0.2) is 0 Å². The molecule has 1 atom stereocenters. The molecular formula is C57H102O5. The Bertz CT molecular complexity index is 1070. The molecule has 0 aliphatic rings. The Balaban J connectivity index is 4.19. The first kappa shape index (κ1) is 59.6. The zero-order chi connectivity index (χ0) is 44.9. The van der Waals surface area contributed by atoms with Crippen LogP contribution in [0.1, 0.15) is 265 Å². The van der Waals surface area contributed by atoms with Crippen LogP contribution in [0.4, 0.5) is 0 Å². The summed E-state index contributed by atoms with van der Waals surface area (Å²) in [6.07, 6.45) is 66.6. The zero-order valence-corrected chi connectivity index (χ0v) is 41.4. The fourth-order valence-electron chi connectivity index (χ4n) is 7.56. The van der Waals surface area contributed by atoms with Gasteiger partial charge in [-0.15, -0.1) is 0 Å². The molecule has 1 unspecified atom stereocenters. The number of unbranched alkanes of at least 4 members (excludes halogenated alkanes) is 28. The summed E-state index contributed by atoms with van der Waals surface area (Å²) < 4.78 is 17.4. The summed E-state index contributed by atoms with van der Waals surface area (Å²) in [4.78, 5) is 25.3. The molecule has 0 bridgehead atoms. The smallest absolute Gasteiger partial charge is 0.306 e. The maximum atomic E-state index is 12.7. The number of carbonyl (C=O) groups excluding carboxylic acids is 2. The minimum atomic E-state index is -0.541. The second kappa shape index (κ2) is 52.9. The van der Waals surface area contributed by atoms with Crippen LogP contribution in [-0.2, 0) is 23.8 Å². The largest absolute Gasteiger partial charge is 0.462 e. The summed E-state index contributed by atoms with van der Waals surface area (Å²) >= 11 is 0. The van der Waals surface area contributed by atoms with E-state index in [2.05, 4.69) is 81.5 Å². The fourth-order valence-corrected chi connectivity index (χ4v) is 7.56. The molecule has 0 heterocycles. The van der Waals surface area contributed by atoms with Crippen molar-refractivity contribution in [2.45, 2.75) is 271 Å². The third kappa shape index (κ3) is 50.2. The lowest BCUT2D eigenvalue weighted by Gasteiger charge is -2.18. The van der Waals surface area contributed by atoms with Gasteiger partial charge in [-0.05, 0) is 83.5 Å². The molecule has 0 fully saturated rings. The van der Waals surface area contributed by atoms with Crippen molar-refractivity contribution in [3.8, 4) is 0 Å². The first-order chi connectivity index (χ1) is 30.6. The van der Waals surface area contributed by atoms with Crippen LogP contribution in [0.25, 0.3) is 0 Å². The average molecular weight is 867 g/mol. The summed E-state index contributed by atoms with van der Waals surface area (Å²) in [5.74, 6) is -0.409. The van der Waals surface area contributed by atoms with Gasteiger partial charge < -0.3 is 14.2 Å². The van der Waals surface area contributed by atoms with Gasteiger partial charge in [0.15, 0.2) is 6.10 Å². The standard InChI is InChI=1S/C57H102O5/c1-4-7-10-13-16-19-21-23-25-27-29-30-32-34-36-39-41-44-47-50-56(58)61-54-55(62-57(59)51-48-45-42-38-18-15-12-9-6-3)53-60-52-49-46-43-40-37-35-33-31-28-26-24-22-20-17-14-11-8-5-2/h7,10,16,19,23-26,29-30,55H,4-6,8-9,11-15,17-18,20-22,27-28,31-54H2,1-3H3/b10-7-,19-16-,25-23-,26-24-,30-29-. The fraction of sp³-hybridized carbons (Fsp3) is 0.789. The number of hydrogen-bond donors (Lipinski definition) is 0. The Morgan fingerprint density at radius 3 is 1.18 bits per heavy atom. The van der Waals surface area contributed by atoms with E-state index in [1.165, 1.54) is 154 Å². The molecule has 0 aromatic rings. The van der Waals surface area contributed by atoms with E-state index in [0.29, 0.717) is 19.4 Å². The van der Waals surface area contributed by atoms with Gasteiger partial charge in [0.05, 0.1) is 6.61 Å². The Hall–Kier alpha value is -2.40. The van der Waals surface area contributed by atoms with Crippen molar-refractivity contribution in [1.29, 1.82) is 0 Å². The average Bonchev–Trinajstić information content (AvgIpc) is 3.27. The van der Waals surface area contributed by atoms with E-state index >= 15 is 0 Å². The lowest BCUT2D eigenvalue weighted by Crippen LogP contribution is -2.30. The summed E-state index contributed by atoms with van der Waals surface area (Å²) in [6, 6.07) is 0. The normalized spacial score (nSPS) is 12.6. The third-order valence-corrected chi connectivity index (χ3v) is 11.5. The van der Waals surface area contributed by atoms with Gasteiger partial charge >= 0.3 is 11.9 Å². The highest BCUT2D eigenvalue weighted by atomic mass is 16.6. The minimum Gasteiger partial charge on any atom is -0.462 e. The van der Waals surface area contributed by atoms with Crippen molar-refractivity contribution in [2.24, 2.45) is 0 Å². The number of esters is 2. The second-order valence-electron chi connectivity index (χ2n) is 17.8. The minimum absolute atomic E-state index is 0.0779. The van der Waals surface area contributed by atoms with Crippen LogP contribution >= 0.6 is 0 Å². The van der Waals surface area contributed by atoms with Crippen molar-refractivity contribution in [3.05, 3.63) is 60.8 Å². The van der Waals surface area contributed by atoms with E-state index in [-0.39, 0.29) is 25.2 Å². The van der Waals surface area contributed by atoms with Crippen molar-refractivity contribution >= 4 is 11.9 Å². The lowest BCUT2D eigenvalue weighted by molar-refractivity contribution is -0.163. The van der Waals surface area contributed by atoms with Crippen molar-refractivity contribution in [1.82, 2.24) is 0 Å². The summed E-state index contributed by atoms with van der Waals surface area (Å²) in [5.41, 5.74) is 0. The Morgan fingerprint density at radius 2 is 0.726 bits per heavy atom. The maximum absolute atomic E-state index is 12.7. The van der Waals surface area contributed by atoms with Gasteiger partial charge in [-0.3, -0.25) is 9.59 Å². The monoisotopic (exact) mass is 867 g/mol. The van der Waals surface area contributed by atoms with Crippen molar-refractivity contribution in [3.63, 3.8) is 0 Å². The molecule has 0 spiro atoms. The molecule has 0 rings (SSSR count). The first-order valence-corrected chi connectivity index (χ1v) is 26.8. The van der Waals surface area contributed by atoms with Gasteiger partial charge in [-0.2, -0.15) is 0 Å². The quantitative estimate of drug-likeness (QED) is 0.0346. The topological polar surface area (TPSA) is 61.8 Å². The summed E-state index contributed by atoms with van der Waals surface area (Å²) in [7, 11) is 0. The highest BCUT2D eigenvalue weighted by Gasteiger charge is 2.17. The van der Waals surface area contributed by atoms with Crippen molar-refractivity contribution in [2.75, 3.05) is 19.8 Å². The molecule has 0 amide bonds. The van der Waals surface area contributed by atoms with E-state index < -0.39 is 6.10 Å². The highest BCUT2D eigenvalue weighted by molar-refractivity contribution is 5.70. The predicted molar refractivity (Wildman–Crippen MR) is 270 cm³/mol. The molecule has 0 aromatic carbocycles. The first-order valence-electron chi connectivity index (χ1n) is 26.8. The van der Waals surface area contributed by atoms with Crippen LogP contribution in [0.15, 0.2) is 60.8 Å². The summed E-state index contributed by atoms with van der Waals surface area (Å²) in [6.45, 7) is 7.70. The predicted octanol–water partition coefficient (Wildman–Crippen LogP) is 18.1. The van der Waals surface area contributed by atoms with Gasteiger partial charge in [0.2, 0.25) is 0 Å². The third-order valence-electron chi connectivity index (χ3n) is 11.5. The van der Waals surface area contributed by atoms with E-state index in [1.54, 1.807) is 0 Å². The van der Waals surface area contributed by atoms with Crippen molar-refractivity contribution < 1.29 is 23.8 Å². The van der Waals surface area contributed by atoms with Gasteiger partial charge in [0.25, 0.3) is 0 Å². The number of ether oxygens (including phenoxy) is 3. The SMILES string of the molecule is CC/C=C\C/C=C\C/C=C\C/C=C\CCCCCCCCC(=O)OCC(COCCCCCCCCCC/C=C\CCCCCCCC)OC(=O)CCCCCCCCCCC. The molecule has 0 aromatic heterocycles. The highest BCUT2D eigenvalue weighted by Crippen LogP contribution is 2.15. The number of allylic oxidation sites excluding steroid dienone is 10. The number of rotatable bonds is 49. The second-order valence-corrected chi connectivity index (χ2v) is 17.8. The van der Waals surface area contributed by atoms with Crippen LogP contribution in [-0.4, -0.2) is 37.9 Å².